The first-order valence-electron chi connectivity index (χ1n) is 5.15. The molecule has 86 valence electrons. The molecule has 2 rings (SSSR count). The zero-order valence-electron chi connectivity index (χ0n) is 9.04. The van der Waals surface area contributed by atoms with Gasteiger partial charge in [0.1, 0.15) is 5.88 Å². The predicted molar refractivity (Wildman–Crippen MR) is 61.3 cm³/mol. The normalized spacial score (nSPS) is 18.1. The van der Waals surface area contributed by atoms with Crippen molar-refractivity contribution in [3.63, 3.8) is 0 Å². The number of hydrogen-bond acceptors (Lipinski definition) is 1. The molecule has 1 aliphatic rings. The quantitative estimate of drug-likeness (QED) is 0.728. The smallest absolute Gasteiger partial charge is 0.237 e. The molecule has 1 fully saturated rings. The molecule has 2 nitrogen and oxygen atoms in total. The van der Waals surface area contributed by atoms with E-state index in [9.17, 15) is 9.18 Å². The minimum absolute atomic E-state index is 0.0795. The summed E-state index contributed by atoms with van der Waals surface area (Å²) in [5.41, 5.74) is 0.274. The molecule has 1 saturated heterocycles. The van der Waals surface area contributed by atoms with Crippen LogP contribution in [0.25, 0.3) is 0 Å². The maximum Gasteiger partial charge on any atom is 0.237 e. The highest BCUT2D eigenvalue weighted by Crippen LogP contribution is 2.36. The van der Waals surface area contributed by atoms with Crippen molar-refractivity contribution in [2.24, 2.45) is 0 Å². The molecular formula is C12H13ClFNO. The Kier molecular flexibility index (Phi) is 2.89. The molecular weight excluding hydrogens is 229 g/mol. The van der Waals surface area contributed by atoms with E-state index in [2.05, 4.69) is 0 Å². The summed E-state index contributed by atoms with van der Waals surface area (Å²) in [7, 11) is 0. The van der Waals surface area contributed by atoms with Gasteiger partial charge in [0.2, 0.25) is 5.91 Å². The summed E-state index contributed by atoms with van der Waals surface area (Å²) in [6.45, 7) is 2.15. The van der Waals surface area contributed by atoms with E-state index in [1.165, 1.54) is 4.90 Å². The fraction of sp³-hybridized carbons (Fsp3) is 0.417. The highest BCUT2D eigenvalue weighted by atomic mass is 35.5. The number of halogens is 2. The molecule has 0 radical (unpaired) electrons. The molecule has 0 aromatic heterocycles. The van der Waals surface area contributed by atoms with Gasteiger partial charge in [0.25, 0.3) is 0 Å². The molecule has 16 heavy (non-hydrogen) atoms. The zero-order valence-corrected chi connectivity index (χ0v) is 9.80. The molecule has 0 saturated carbocycles. The summed E-state index contributed by atoms with van der Waals surface area (Å²) >= 11 is 5.41. The Bertz CT molecular complexity index is 415. The van der Waals surface area contributed by atoms with E-state index >= 15 is 0 Å². The molecule has 0 spiro atoms. The lowest BCUT2D eigenvalue weighted by Crippen LogP contribution is -2.59. The minimum atomic E-state index is -1.40. The topological polar surface area (TPSA) is 20.3 Å². The Morgan fingerprint density at radius 2 is 2.25 bits per heavy atom. The summed E-state index contributed by atoms with van der Waals surface area (Å²) in [6, 6.07) is 7.34. The third kappa shape index (κ3) is 1.92. The van der Waals surface area contributed by atoms with Crippen molar-refractivity contribution in [1.29, 1.82) is 0 Å². The summed E-state index contributed by atoms with van der Waals surface area (Å²) in [4.78, 5) is 12.6. The van der Waals surface area contributed by atoms with Gasteiger partial charge >= 0.3 is 0 Å². The van der Waals surface area contributed by atoms with Gasteiger partial charge in [0.05, 0.1) is 13.1 Å². The van der Waals surface area contributed by atoms with E-state index < -0.39 is 5.67 Å². The van der Waals surface area contributed by atoms with Crippen molar-refractivity contribution in [1.82, 2.24) is 4.90 Å². The first-order valence-corrected chi connectivity index (χ1v) is 5.68. The lowest BCUT2D eigenvalue weighted by molar-refractivity contribution is -0.143. The Morgan fingerprint density at radius 1 is 1.56 bits per heavy atom. The molecule has 1 aromatic rings. The fourth-order valence-corrected chi connectivity index (χ4v) is 2.09. The number of likely N-dealkylation sites (tertiary alicyclic amines) is 1. The average molecular weight is 242 g/mol. The number of carbonyl (C=O) groups excluding carboxylic acids is 1. The number of carbonyl (C=O) groups is 1. The number of hydrogen-bond donors (Lipinski definition) is 0. The number of amides is 1. The van der Waals surface area contributed by atoms with E-state index in [4.69, 9.17) is 11.6 Å². The maximum absolute atomic E-state index is 14.3. The van der Waals surface area contributed by atoms with Crippen molar-refractivity contribution in [3.05, 3.63) is 35.4 Å². The first kappa shape index (κ1) is 11.4. The van der Waals surface area contributed by atoms with E-state index in [0.717, 1.165) is 5.56 Å². The van der Waals surface area contributed by atoms with Gasteiger partial charge in [-0.05, 0) is 12.5 Å². The number of nitrogens with zero attached hydrogens (tertiary/aromatic N) is 1. The third-order valence-corrected chi connectivity index (χ3v) is 3.11. The van der Waals surface area contributed by atoms with E-state index in [0.29, 0.717) is 5.56 Å². The Morgan fingerprint density at radius 3 is 2.81 bits per heavy atom. The molecule has 1 aromatic carbocycles. The van der Waals surface area contributed by atoms with Crippen LogP contribution in [0.1, 0.15) is 11.1 Å². The summed E-state index contributed by atoms with van der Waals surface area (Å²) < 4.78 is 14.3. The molecule has 0 unspecified atom stereocenters. The van der Waals surface area contributed by atoms with Crippen molar-refractivity contribution in [2.45, 2.75) is 12.6 Å². The van der Waals surface area contributed by atoms with Crippen LogP contribution in [0.15, 0.2) is 24.3 Å². The van der Waals surface area contributed by atoms with Crippen molar-refractivity contribution in [3.8, 4) is 0 Å². The SMILES string of the molecule is Cc1cccc(C2(F)CN(C(=O)CCl)C2)c1. The van der Waals surface area contributed by atoms with Crippen LogP contribution < -0.4 is 0 Å². The first-order chi connectivity index (χ1) is 7.55. The average Bonchev–Trinajstić information content (AvgIpc) is 2.23. The molecule has 1 amide bonds. The van der Waals surface area contributed by atoms with E-state index in [1.807, 2.05) is 25.1 Å². The van der Waals surface area contributed by atoms with Crippen LogP contribution in [-0.2, 0) is 10.5 Å². The van der Waals surface area contributed by atoms with Gasteiger partial charge in [-0.1, -0.05) is 29.8 Å². The number of benzene rings is 1. The van der Waals surface area contributed by atoms with Crippen molar-refractivity contribution in [2.75, 3.05) is 19.0 Å². The molecule has 0 bridgehead atoms. The van der Waals surface area contributed by atoms with E-state index in [-0.39, 0.29) is 24.9 Å². The highest BCUT2D eigenvalue weighted by molar-refractivity contribution is 6.27. The predicted octanol–water partition coefficient (Wildman–Crippen LogP) is 2.24. The van der Waals surface area contributed by atoms with Crippen LogP contribution in [0, 0.1) is 6.92 Å². The van der Waals surface area contributed by atoms with Crippen LogP contribution in [0.2, 0.25) is 0 Å². The van der Waals surface area contributed by atoms with Crippen LogP contribution in [0.4, 0.5) is 4.39 Å². The van der Waals surface area contributed by atoms with Crippen molar-refractivity contribution < 1.29 is 9.18 Å². The fourth-order valence-electron chi connectivity index (χ4n) is 1.93. The monoisotopic (exact) mass is 241 g/mol. The van der Waals surface area contributed by atoms with E-state index in [1.54, 1.807) is 6.07 Å². The van der Waals surface area contributed by atoms with Crippen LogP contribution in [0.3, 0.4) is 0 Å². The molecule has 0 aliphatic carbocycles. The lowest BCUT2D eigenvalue weighted by atomic mass is 9.87. The Balaban J connectivity index is 2.10. The zero-order chi connectivity index (χ0) is 11.8. The second kappa shape index (κ2) is 4.06. The molecule has 0 atom stereocenters. The highest BCUT2D eigenvalue weighted by Gasteiger charge is 2.46. The van der Waals surface area contributed by atoms with Crippen LogP contribution in [0.5, 0.6) is 0 Å². The summed E-state index contributed by atoms with van der Waals surface area (Å²) in [5.74, 6) is -0.285. The summed E-state index contributed by atoms with van der Waals surface area (Å²) in [5, 5.41) is 0. The number of alkyl halides is 2. The van der Waals surface area contributed by atoms with Gasteiger partial charge < -0.3 is 4.90 Å². The Labute approximate surface area is 99.0 Å². The maximum atomic E-state index is 14.3. The van der Waals surface area contributed by atoms with Gasteiger partial charge in [0.15, 0.2) is 5.67 Å². The molecule has 4 heteroatoms. The van der Waals surface area contributed by atoms with Gasteiger partial charge in [0, 0.05) is 0 Å². The minimum Gasteiger partial charge on any atom is -0.334 e. The number of aryl methyl sites for hydroxylation is 1. The van der Waals surface area contributed by atoms with Gasteiger partial charge in [-0.3, -0.25) is 4.79 Å². The third-order valence-electron chi connectivity index (χ3n) is 2.89. The van der Waals surface area contributed by atoms with Crippen LogP contribution in [-0.4, -0.2) is 29.8 Å². The van der Waals surface area contributed by atoms with Gasteiger partial charge in [-0.2, -0.15) is 0 Å². The second-order valence-corrected chi connectivity index (χ2v) is 4.49. The van der Waals surface area contributed by atoms with Crippen LogP contribution >= 0.6 is 11.6 Å². The number of rotatable bonds is 2. The Hall–Kier alpha value is -1.09. The standard InChI is InChI=1S/C12H13ClFNO/c1-9-3-2-4-10(5-9)12(14)7-15(8-12)11(16)6-13/h2-5H,6-8H2,1H3. The second-order valence-electron chi connectivity index (χ2n) is 4.22. The molecule has 1 aliphatic heterocycles. The molecule has 1 heterocycles. The molecule has 0 N–H and O–H groups in total. The summed E-state index contributed by atoms with van der Waals surface area (Å²) in [6.07, 6.45) is 0. The lowest BCUT2D eigenvalue weighted by Gasteiger charge is -2.44. The van der Waals surface area contributed by atoms with Gasteiger partial charge in [-0.15, -0.1) is 11.6 Å². The van der Waals surface area contributed by atoms with Crippen molar-refractivity contribution >= 4 is 17.5 Å². The van der Waals surface area contributed by atoms with Gasteiger partial charge in [-0.25, -0.2) is 4.39 Å². The largest absolute Gasteiger partial charge is 0.334 e.